The molecule has 1 aliphatic carbocycles. The van der Waals surface area contributed by atoms with Crippen molar-refractivity contribution in [1.29, 1.82) is 0 Å². The van der Waals surface area contributed by atoms with E-state index in [9.17, 15) is 13.2 Å². The third kappa shape index (κ3) is 4.78. The predicted molar refractivity (Wildman–Crippen MR) is 121 cm³/mol. The van der Waals surface area contributed by atoms with Crippen LogP contribution in [0.25, 0.3) is 0 Å². The topological polar surface area (TPSA) is 92.5 Å². The van der Waals surface area contributed by atoms with Crippen molar-refractivity contribution in [2.45, 2.75) is 37.2 Å². The van der Waals surface area contributed by atoms with E-state index < -0.39 is 10.0 Å². The lowest BCUT2D eigenvalue weighted by Crippen LogP contribution is -2.37. The van der Waals surface area contributed by atoms with Crippen molar-refractivity contribution in [3.63, 3.8) is 0 Å². The fraction of sp³-hybridized carbons (Fsp3) is 0.208. The molecule has 4 rings (SSSR count). The molecular formula is C24H25N3O3S. The first-order chi connectivity index (χ1) is 14.8. The van der Waals surface area contributed by atoms with Crippen LogP contribution in [0.2, 0.25) is 0 Å². The molecule has 3 N–H and O–H groups in total. The summed E-state index contributed by atoms with van der Waals surface area (Å²) in [5, 5.41) is 8.07. The Kier molecular flexibility index (Phi) is 5.80. The quantitative estimate of drug-likeness (QED) is 0.623. The first kappa shape index (κ1) is 21.1. The second kappa shape index (κ2) is 8.53. The molecule has 0 heterocycles. The van der Waals surface area contributed by atoms with E-state index >= 15 is 0 Å². The van der Waals surface area contributed by atoms with Crippen molar-refractivity contribution in [1.82, 2.24) is 4.90 Å². The molecule has 7 heteroatoms. The maximum Gasteiger partial charge on any atom is 0.322 e. The van der Waals surface area contributed by atoms with Gasteiger partial charge in [0.1, 0.15) is 0 Å². The zero-order chi connectivity index (χ0) is 22.0. The number of nitrogens with one attached hydrogen (secondary N) is 1. The third-order valence-electron chi connectivity index (χ3n) is 5.65. The molecule has 160 valence electrons. The number of benzene rings is 3. The van der Waals surface area contributed by atoms with Crippen molar-refractivity contribution in [2.75, 3.05) is 5.32 Å². The minimum absolute atomic E-state index is 0.00623. The summed E-state index contributed by atoms with van der Waals surface area (Å²) in [6.07, 6.45) is 1.80. The fourth-order valence-corrected chi connectivity index (χ4v) is 4.51. The van der Waals surface area contributed by atoms with Gasteiger partial charge in [-0.3, -0.25) is 0 Å². The molecule has 6 nitrogen and oxygen atoms in total. The van der Waals surface area contributed by atoms with E-state index in [1.165, 1.54) is 28.8 Å². The van der Waals surface area contributed by atoms with Gasteiger partial charge in [0.2, 0.25) is 10.0 Å². The third-order valence-corrected chi connectivity index (χ3v) is 6.58. The summed E-state index contributed by atoms with van der Waals surface area (Å²) in [4.78, 5) is 15.2. The minimum Gasteiger partial charge on any atom is -0.313 e. The lowest BCUT2D eigenvalue weighted by molar-refractivity contribution is 0.183. The number of sulfonamides is 1. The van der Waals surface area contributed by atoms with Crippen LogP contribution in [0.3, 0.4) is 0 Å². The maximum absolute atomic E-state index is 13.3. The zero-order valence-electron chi connectivity index (χ0n) is 17.3. The summed E-state index contributed by atoms with van der Waals surface area (Å²) >= 11 is 0. The van der Waals surface area contributed by atoms with Crippen LogP contribution < -0.4 is 10.5 Å². The average molecular weight is 436 g/mol. The SMILES string of the molecule is Cc1ccc(CN(C(=O)Nc2ccc(S(N)(=O)=O)cc2)C2CCc3ccccc32)cc1. The van der Waals surface area contributed by atoms with Gasteiger partial charge in [-0.05, 0) is 60.7 Å². The normalized spacial score (nSPS) is 15.4. The summed E-state index contributed by atoms with van der Waals surface area (Å²) in [5.41, 5.74) is 5.18. The predicted octanol–water partition coefficient (Wildman–Crippen LogP) is 4.36. The zero-order valence-corrected chi connectivity index (χ0v) is 18.1. The Labute approximate surface area is 182 Å². The molecular weight excluding hydrogens is 410 g/mol. The first-order valence-electron chi connectivity index (χ1n) is 10.1. The molecule has 0 aliphatic heterocycles. The van der Waals surface area contributed by atoms with Crippen molar-refractivity contribution in [3.8, 4) is 0 Å². The Morgan fingerprint density at radius 2 is 1.71 bits per heavy atom. The number of aryl methyl sites for hydroxylation is 2. The molecule has 3 aromatic carbocycles. The smallest absolute Gasteiger partial charge is 0.313 e. The monoisotopic (exact) mass is 435 g/mol. The highest BCUT2D eigenvalue weighted by molar-refractivity contribution is 7.89. The Morgan fingerprint density at radius 1 is 1.03 bits per heavy atom. The molecule has 0 saturated carbocycles. The largest absolute Gasteiger partial charge is 0.322 e. The van der Waals surface area contributed by atoms with Crippen LogP contribution >= 0.6 is 0 Å². The lowest BCUT2D eigenvalue weighted by Gasteiger charge is -2.30. The number of carbonyl (C=O) groups excluding carboxylic acids is 1. The van der Waals surface area contributed by atoms with Crippen LogP contribution in [0.15, 0.2) is 77.7 Å². The second-order valence-electron chi connectivity index (χ2n) is 7.87. The number of carbonyl (C=O) groups is 1. The number of fused-ring (bicyclic) bond motifs is 1. The first-order valence-corrected chi connectivity index (χ1v) is 11.7. The van der Waals surface area contributed by atoms with Crippen LogP contribution in [0, 0.1) is 6.92 Å². The lowest BCUT2D eigenvalue weighted by atomic mass is 10.1. The van der Waals surface area contributed by atoms with Crippen molar-refractivity contribution < 1.29 is 13.2 Å². The summed E-state index contributed by atoms with van der Waals surface area (Å²) in [6.45, 7) is 2.51. The van der Waals surface area contributed by atoms with Crippen LogP contribution in [0.1, 0.15) is 34.7 Å². The van der Waals surface area contributed by atoms with E-state index in [4.69, 9.17) is 5.14 Å². The molecule has 0 saturated heterocycles. The van der Waals surface area contributed by atoms with E-state index in [1.54, 1.807) is 12.1 Å². The molecule has 3 aromatic rings. The molecule has 1 unspecified atom stereocenters. The summed E-state index contributed by atoms with van der Waals surface area (Å²) in [7, 11) is -3.78. The second-order valence-corrected chi connectivity index (χ2v) is 9.43. The van der Waals surface area contributed by atoms with Gasteiger partial charge in [-0.2, -0.15) is 0 Å². The molecule has 31 heavy (non-hydrogen) atoms. The van der Waals surface area contributed by atoms with Gasteiger partial charge in [0.05, 0.1) is 10.9 Å². The van der Waals surface area contributed by atoms with Gasteiger partial charge in [0, 0.05) is 12.2 Å². The number of nitrogens with zero attached hydrogens (tertiary/aromatic N) is 1. The van der Waals surface area contributed by atoms with E-state index in [2.05, 4.69) is 17.4 Å². The molecule has 2 amide bonds. The summed E-state index contributed by atoms with van der Waals surface area (Å²) < 4.78 is 22.9. The van der Waals surface area contributed by atoms with Gasteiger partial charge in [-0.25, -0.2) is 18.4 Å². The number of anilines is 1. The molecule has 1 atom stereocenters. The van der Waals surface area contributed by atoms with E-state index in [1.807, 2.05) is 48.2 Å². The molecule has 0 spiro atoms. The highest BCUT2D eigenvalue weighted by Gasteiger charge is 2.31. The molecule has 0 bridgehead atoms. The van der Waals surface area contributed by atoms with Gasteiger partial charge in [0.15, 0.2) is 0 Å². The number of hydrogen-bond donors (Lipinski definition) is 2. The van der Waals surface area contributed by atoms with Crippen molar-refractivity contribution in [2.24, 2.45) is 5.14 Å². The number of amides is 2. The van der Waals surface area contributed by atoms with Crippen LogP contribution in [-0.2, 0) is 23.0 Å². The number of nitrogens with two attached hydrogens (primary N) is 1. The van der Waals surface area contributed by atoms with Gasteiger partial charge in [-0.15, -0.1) is 0 Å². The number of hydrogen-bond acceptors (Lipinski definition) is 3. The molecule has 1 aliphatic rings. The molecule has 0 aromatic heterocycles. The van der Waals surface area contributed by atoms with E-state index in [-0.39, 0.29) is 17.0 Å². The number of urea groups is 1. The Balaban J connectivity index is 1.60. The summed E-state index contributed by atoms with van der Waals surface area (Å²) in [6, 6.07) is 22.0. The molecule has 0 fully saturated rings. The van der Waals surface area contributed by atoms with Crippen LogP contribution in [0.5, 0.6) is 0 Å². The Hall–Kier alpha value is -3.16. The number of primary sulfonamides is 1. The average Bonchev–Trinajstić information content (AvgIpc) is 3.17. The van der Waals surface area contributed by atoms with Gasteiger partial charge in [0.25, 0.3) is 0 Å². The highest BCUT2D eigenvalue weighted by Crippen LogP contribution is 2.37. The van der Waals surface area contributed by atoms with Crippen molar-refractivity contribution in [3.05, 3.63) is 95.1 Å². The Bertz CT molecular complexity index is 1190. The van der Waals surface area contributed by atoms with Crippen LogP contribution in [0.4, 0.5) is 10.5 Å². The molecule has 0 radical (unpaired) electrons. The van der Waals surface area contributed by atoms with Gasteiger partial charge < -0.3 is 10.2 Å². The van der Waals surface area contributed by atoms with E-state index in [0.717, 1.165) is 18.4 Å². The van der Waals surface area contributed by atoms with Gasteiger partial charge >= 0.3 is 6.03 Å². The Morgan fingerprint density at radius 3 is 2.39 bits per heavy atom. The van der Waals surface area contributed by atoms with Crippen molar-refractivity contribution >= 4 is 21.7 Å². The van der Waals surface area contributed by atoms with Crippen LogP contribution in [-0.4, -0.2) is 19.3 Å². The number of rotatable bonds is 5. The van der Waals surface area contributed by atoms with Gasteiger partial charge in [-0.1, -0.05) is 54.1 Å². The summed E-state index contributed by atoms with van der Waals surface area (Å²) in [5.74, 6) is 0. The minimum atomic E-state index is -3.78. The highest BCUT2D eigenvalue weighted by atomic mass is 32.2. The standard InChI is InChI=1S/C24H25N3O3S/c1-17-6-8-18(9-7-17)16-27(23-15-10-19-4-2-3-5-22(19)23)24(28)26-20-11-13-21(14-12-20)31(25,29)30/h2-9,11-14,23H,10,15-16H2,1H3,(H,26,28)(H2,25,29,30). The maximum atomic E-state index is 13.3. The van der Waals surface area contributed by atoms with E-state index in [0.29, 0.717) is 12.2 Å². The fourth-order valence-electron chi connectivity index (χ4n) is 4.00.